The van der Waals surface area contributed by atoms with E-state index in [2.05, 4.69) is 25.2 Å². The molecule has 0 fully saturated rings. The summed E-state index contributed by atoms with van der Waals surface area (Å²) in [5.41, 5.74) is 5.33. The molecule has 254 valence electrons. The van der Waals surface area contributed by atoms with Gasteiger partial charge in [-0.15, -0.1) is 0 Å². The van der Waals surface area contributed by atoms with Crippen LogP contribution in [0, 0.1) is 0 Å². The van der Waals surface area contributed by atoms with Gasteiger partial charge in [0.05, 0.1) is 25.4 Å². The van der Waals surface area contributed by atoms with Crippen molar-refractivity contribution in [3.05, 3.63) is 24.3 Å². The van der Waals surface area contributed by atoms with Gasteiger partial charge in [-0.2, -0.15) is 0 Å². The Hall–Kier alpha value is -1.02. The molecule has 0 aromatic carbocycles. The third-order valence-electron chi connectivity index (χ3n) is 7.59. The summed E-state index contributed by atoms with van der Waals surface area (Å²) in [6.45, 7) is 4.04. The van der Waals surface area contributed by atoms with Crippen LogP contribution in [0.5, 0.6) is 0 Å². The van der Waals surface area contributed by atoms with Crippen LogP contribution >= 0.6 is 7.82 Å². The second-order valence-corrected chi connectivity index (χ2v) is 13.2. The number of hydrogen-bond acceptors (Lipinski definition) is 6. The van der Waals surface area contributed by atoms with Crippen LogP contribution in [0.3, 0.4) is 0 Å². The second kappa shape index (κ2) is 31.0. The van der Waals surface area contributed by atoms with Gasteiger partial charge in [0.15, 0.2) is 0 Å². The highest BCUT2D eigenvalue weighted by molar-refractivity contribution is 7.47. The third-order valence-corrected chi connectivity index (χ3v) is 8.57. The lowest BCUT2D eigenvalue weighted by molar-refractivity contribution is -0.123. The summed E-state index contributed by atoms with van der Waals surface area (Å²) in [6.07, 6.45) is 32.4. The van der Waals surface area contributed by atoms with E-state index in [9.17, 15) is 19.4 Å². The fraction of sp³-hybridized carbons (Fsp3) is 0.853. The predicted octanol–water partition coefficient (Wildman–Crippen LogP) is 8.66. The molecule has 0 aliphatic carbocycles. The maximum Gasteiger partial charge on any atom is 0.472 e. The zero-order valence-electron chi connectivity index (χ0n) is 27.7. The van der Waals surface area contributed by atoms with Crippen molar-refractivity contribution in [1.82, 2.24) is 5.32 Å². The van der Waals surface area contributed by atoms with E-state index in [1.54, 1.807) is 12.2 Å². The van der Waals surface area contributed by atoms with Crippen LogP contribution in [0.4, 0.5) is 0 Å². The molecule has 0 saturated carbocycles. The van der Waals surface area contributed by atoms with E-state index in [1.807, 2.05) is 6.08 Å². The Kier molecular flexibility index (Phi) is 30.2. The zero-order chi connectivity index (χ0) is 31.9. The molecule has 1 unspecified atom stereocenters. The Balaban J connectivity index is 4.33. The van der Waals surface area contributed by atoms with Gasteiger partial charge in [-0.3, -0.25) is 13.8 Å². The number of carbonyl (C=O) groups is 1. The average molecular weight is 631 g/mol. The van der Waals surface area contributed by atoms with Gasteiger partial charge in [-0.1, -0.05) is 154 Å². The Morgan fingerprint density at radius 1 is 0.767 bits per heavy atom. The normalized spacial score (nSPS) is 14.8. The van der Waals surface area contributed by atoms with Crippen LogP contribution in [0.2, 0.25) is 0 Å². The number of rotatable bonds is 32. The van der Waals surface area contributed by atoms with Crippen molar-refractivity contribution in [3.63, 3.8) is 0 Å². The molecule has 0 spiro atoms. The summed E-state index contributed by atoms with van der Waals surface area (Å²) < 4.78 is 21.9. The first-order chi connectivity index (χ1) is 20.9. The molecule has 0 aliphatic rings. The van der Waals surface area contributed by atoms with Gasteiger partial charge < -0.3 is 21.1 Å². The van der Waals surface area contributed by atoms with Crippen LogP contribution < -0.4 is 11.1 Å². The monoisotopic (exact) mass is 630 g/mol. The molecule has 8 nitrogen and oxygen atoms in total. The number of nitrogens with one attached hydrogen (secondary N) is 1. The molecular weight excluding hydrogens is 563 g/mol. The molecule has 0 heterocycles. The predicted molar refractivity (Wildman–Crippen MR) is 180 cm³/mol. The second-order valence-electron chi connectivity index (χ2n) is 11.8. The standard InChI is InChI=1S/C34H67N2O6P/c1-3-5-7-9-11-13-14-15-16-17-18-20-22-24-26-28-34(38)36-32(31-42-43(39,40)41-30-29-35)33(37)27-25-23-21-19-12-10-8-6-4-2/h21,23,25,27,32-33,37H,3-20,22,24,26,28-31,35H2,1-2H3,(H,36,38)(H,39,40)/b23-21+,27-25+/t32-,33+/m0/s1. The van der Waals surface area contributed by atoms with E-state index >= 15 is 0 Å². The number of nitrogens with two attached hydrogens (primary N) is 1. The van der Waals surface area contributed by atoms with Gasteiger partial charge in [0.2, 0.25) is 5.91 Å². The summed E-state index contributed by atoms with van der Waals surface area (Å²) in [4.78, 5) is 22.5. The number of hydrogen-bond donors (Lipinski definition) is 4. The highest BCUT2D eigenvalue weighted by atomic mass is 31.2. The van der Waals surface area contributed by atoms with Gasteiger partial charge in [-0.05, 0) is 19.3 Å². The van der Waals surface area contributed by atoms with E-state index in [0.717, 1.165) is 32.1 Å². The molecule has 0 aromatic rings. The lowest BCUT2D eigenvalue weighted by Gasteiger charge is -2.23. The Labute approximate surface area is 264 Å². The minimum absolute atomic E-state index is 0.0730. The molecule has 43 heavy (non-hydrogen) atoms. The van der Waals surface area contributed by atoms with Crippen molar-refractivity contribution in [2.75, 3.05) is 19.8 Å². The zero-order valence-corrected chi connectivity index (χ0v) is 28.6. The van der Waals surface area contributed by atoms with Gasteiger partial charge in [-0.25, -0.2) is 4.57 Å². The van der Waals surface area contributed by atoms with Crippen LogP contribution in [0.15, 0.2) is 24.3 Å². The number of aliphatic hydroxyl groups excluding tert-OH is 1. The molecule has 0 aliphatic heterocycles. The first-order valence-electron chi connectivity index (χ1n) is 17.5. The SMILES string of the molecule is CCCCCCC/C=C/C=C/[C@@H](O)[C@H](COP(=O)(O)OCCN)NC(=O)CCCCCCCCCCCCCCCCC. The molecule has 1 amide bonds. The maximum atomic E-state index is 12.6. The molecular formula is C34H67N2O6P. The smallest absolute Gasteiger partial charge is 0.387 e. The summed E-state index contributed by atoms with van der Waals surface area (Å²) >= 11 is 0. The number of phosphoric ester groups is 1. The topological polar surface area (TPSA) is 131 Å². The molecule has 3 atom stereocenters. The highest BCUT2D eigenvalue weighted by Crippen LogP contribution is 2.43. The molecule has 5 N–H and O–H groups in total. The van der Waals surface area contributed by atoms with E-state index in [-0.39, 0.29) is 25.7 Å². The number of unbranched alkanes of at least 4 members (excludes halogenated alkanes) is 19. The van der Waals surface area contributed by atoms with Crippen LogP contribution in [0.1, 0.15) is 155 Å². The average Bonchev–Trinajstić information content (AvgIpc) is 2.99. The van der Waals surface area contributed by atoms with Crippen molar-refractivity contribution in [2.24, 2.45) is 5.73 Å². The van der Waals surface area contributed by atoms with Crippen molar-refractivity contribution in [3.8, 4) is 0 Å². The molecule has 0 saturated heterocycles. The number of aliphatic hydroxyl groups is 1. The minimum atomic E-state index is -4.33. The van der Waals surface area contributed by atoms with E-state index in [1.165, 1.54) is 103 Å². The van der Waals surface area contributed by atoms with Crippen LogP contribution in [0.25, 0.3) is 0 Å². The Morgan fingerprint density at radius 3 is 1.77 bits per heavy atom. The molecule has 0 bridgehead atoms. The highest BCUT2D eigenvalue weighted by Gasteiger charge is 2.26. The van der Waals surface area contributed by atoms with Crippen LogP contribution in [-0.2, 0) is 18.4 Å². The Morgan fingerprint density at radius 2 is 1.26 bits per heavy atom. The van der Waals surface area contributed by atoms with E-state index < -0.39 is 20.0 Å². The first-order valence-corrected chi connectivity index (χ1v) is 19.0. The summed E-state index contributed by atoms with van der Waals surface area (Å²) in [5.74, 6) is -0.214. The number of phosphoric acid groups is 1. The number of allylic oxidation sites excluding steroid dienone is 3. The van der Waals surface area contributed by atoms with E-state index in [4.69, 9.17) is 14.8 Å². The summed E-state index contributed by atoms with van der Waals surface area (Å²) in [7, 11) is -4.33. The number of amides is 1. The Bertz CT molecular complexity index is 734. The molecule has 0 radical (unpaired) electrons. The van der Waals surface area contributed by atoms with Gasteiger partial charge in [0.1, 0.15) is 0 Å². The largest absolute Gasteiger partial charge is 0.472 e. The lowest BCUT2D eigenvalue weighted by atomic mass is 10.0. The molecule has 0 aromatic heterocycles. The fourth-order valence-corrected chi connectivity index (χ4v) is 5.65. The van der Waals surface area contributed by atoms with Crippen molar-refractivity contribution < 1.29 is 28.4 Å². The third kappa shape index (κ3) is 29.5. The van der Waals surface area contributed by atoms with Crippen molar-refractivity contribution in [2.45, 2.75) is 167 Å². The minimum Gasteiger partial charge on any atom is -0.387 e. The van der Waals surface area contributed by atoms with Crippen molar-refractivity contribution in [1.29, 1.82) is 0 Å². The van der Waals surface area contributed by atoms with Gasteiger partial charge in [0, 0.05) is 13.0 Å². The fourth-order valence-electron chi connectivity index (χ4n) is 4.89. The van der Waals surface area contributed by atoms with Crippen molar-refractivity contribution >= 4 is 13.7 Å². The quantitative estimate of drug-likeness (QED) is 0.0332. The van der Waals surface area contributed by atoms with Gasteiger partial charge >= 0.3 is 7.82 Å². The molecule has 9 heteroatoms. The summed E-state index contributed by atoms with van der Waals surface area (Å²) in [5, 5.41) is 13.5. The van der Waals surface area contributed by atoms with Gasteiger partial charge in [0.25, 0.3) is 0 Å². The maximum absolute atomic E-state index is 12.6. The first kappa shape index (κ1) is 42.0. The lowest BCUT2D eigenvalue weighted by Crippen LogP contribution is -2.45. The summed E-state index contributed by atoms with van der Waals surface area (Å²) in [6, 6.07) is -0.885. The number of carbonyl (C=O) groups excluding carboxylic acids is 1. The van der Waals surface area contributed by atoms with E-state index in [0.29, 0.717) is 6.42 Å². The van der Waals surface area contributed by atoms with Crippen LogP contribution in [-0.4, -0.2) is 47.8 Å². The molecule has 0 rings (SSSR count).